The first-order valence-corrected chi connectivity index (χ1v) is 9.25. The Hall–Kier alpha value is -2.52. The number of hydrogen-bond donors (Lipinski definition) is 3. The summed E-state index contributed by atoms with van der Waals surface area (Å²) in [6.07, 6.45) is -0.675. The van der Waals surface area contributed by atoms with Gasteiger partial charge in [-0.1, -0.05) is 12.6 Å². The Labute approximate surface area is 167 Å². The second kappa shape index (κ2) is 10.3. The summed E-state index contributed by atoms with van der Waals surface area (Å²) >= 11 is 0. The number of carbonyl (C=O) groups excluding carboxylic acids is 1. The Morgan fingerprint density at radius 2 is 2.17 bits per heavy atom. The smallest absolute Gasteiger partial charge is 0.399 e. The molecule has 0 aromatic heterocycles. The highest BCUT2D eigenvalue weighted by Crippen LogP contribution is 2.34. The minimum Gasteiger partial charge on any atom is -0.399 e. The normalized spacial score (nSPS) is 17.7. The van der Waals surface area contributed by atoms with Gasteiger partial charge in [0.25, 0.3) is 0 Å². The molecule has 1 atom stereocenters. The summed E-state index contributed by atoms with van der Waals surface area (Å²) in [4.78, 5) is 11.6. The lowest BCUT2D eigenvalue weighted by Gasteiger charge is -2.22. The summed E-state index contributed by atoms with van der Waals surface area (Å²) in [7, 11) is 0. The highest BCUT2D eigenvalue weighted by Gasteiger charge is 2.33. The van der Waals surface area contributed by atoms with E-state index in [1.165, 1.54) is 25.3 Å². The van der Waals surface area contributed by atoms with Crippen LogP contribution in [0.1, 0.15) is 37.3 Å². The van der Waals surface area contributed by atoms with Crippen LogP contribution in [-0.4, -0.2) is 25.4 Å². The monoisotopic (exact) mass is 413 g/mol. The first kappa shape index (κ1) is 22.8. The minimum atomic E-state index is -4.57. The Kier molecular flexibility index (Phi) is 8.10. The molecule has 2 rings (SSSR count). The molecule has 1 aromatic rings. The number of hydrogen-bond acceptors (Lipinski definition) is 5. The van der Waals surface area contributed by atoms with Gasteiger partial charge in [-0.3, -0.25) is 4.79 Å². The van der Waals surface area contributed by atoms with Gasteiger partial charge in [-0.2, -0.15) is 13.2 Å². The van der Waals surface area contributed by atoms with Crippen molar-refractivity contribution in [3.05, 3.63) is 53.4 Å². The van der Waals surface area contributed by atoms with Gasteiger partial charge >= 0.3 is 6.18 Å². The van der Waals surface area contributed by atoms with E-state index in [-0.39, 0.29) is 36.3 Å². The number of rotatable bonds is 8. The van der Waals surface area contributed by atoms with Crippen molar-refractivity contribution in [3.63, 3.8) is 0 Å². The van der Waals surface area contributed by atoms with Crippen molar-refractivity contribution in [1.82, 2.24) is 5.32 Å². The van der Waals surface area contributed by atoms with Crippen LogP contribution in [-0.2, 0) is 27.0 Å². The summed E-state index contributed by atoms with van der Waals surface area (Å²) < 4.78 is 51.2. The Balaban J connectivity index is 2.01. The van der Waals surface area contributed by atoms with Crippen LogP contribution in [0.2, 0.25) is 0 Å². The number of nitrogens with one attached hydrogen (secondary N) is 2. The molecule has 6 nitrogen and oxygen atoms in total. The second-order valence-electron chi connectivity index (χ2n) is 6.80. The molecule has 1 saturated heterocycles. The Bertz CT molecular complexity index is 757. The van der Waals surface area contributed by atoms with Crippen molar-refractivity contribution >= 4 is 11.6 Å². The fraction of sp³-hybridized carbons (Fsp3) is 0.450. The molecular weight excluding hydrogens is 387 g/mol. The van der Waals surface area contributed by atoms with Gasteiger partial charge in [0.15, 0.2) is 6.29 Å². The standard InChI is InChI=1S/C20H26F3N3O3/c1-13(2)19(27)26-10-14-6-7-16(9-17(14)20(21,22)23)25-11-15(24)12-29-18-5-3-4-8-28-18/h6-7,9,11,18,25H,1,3-5,8,10,12,24H2,2H3,(H,26,27)/b15-11-. The average Bonchev–Trinajstić information content (AvgIpc) is 2.69. The van der Waals surface area contributed by atoms with Crippen LogP contribution in [0.15, 0.2) is 42.2 Å². The van der Waals surface area contributed by atoms with Crippen molar-refractivity contribution in [1.29, 1.82) is 0 Å². The van der Waals surface area contributed by atoms with E-state index in [2.05, 4.69) is 17.2 Å². The molecule has 1 unspecified atom stereocenters. The molecule has 0 bridgehead atoms. The number of alkyl halides is 3. The third-order valence-electron chi connectivity index (χ3n) is 4.24. The number of carbonyl (C=O) groups is 1. The summed E-state index contributed by atoms with van der Waals surface area (Å²) in [5.74, 6) is -0.502. The zero-order valence-corrected chi connectivity index (χ0v) is 16.3. The summed E-state index contributed by atoms with van der Waals surface area (Å²) in [5, 5.41) is 5.15. The summed E-state index contributed by atoms with van der Waals surface area (Å²) in [5.41, 5.74) is 5.71. The van der Waals surface area contributed by atoms with E-state index < -0.39 is 17.6 Å². The Morgan fingerprint density at radius 3 is 2.79 bits per heavy atom. The lowest BCUT2D eigenvalue weighted by molar-refractivity contribution is -0.157. The van der Waals surface area contributed by atoms with Crippen LogP contribution in [0.5, 0.6) is 0 Å². The first-order valence-electron chi connectivity index (χ1n) is 9.25. The molecule has 4 N–H and O–H groups in total. The molecule has 0 saturated carbocycles. The van der Waals surface area contributed by atoms with Gasteiger partial charge in [0.05, 0.1) is 17.9 Å². The second-order valence-corrected chi connectivity index (χ2v) is 6.80. The van der Waals surface area contributed by atoms with Crippen LogP contribution >= 0.6 is 0 Å². The number of benzene rings is 1. The molecule has 29 heavy (non-hydrogen) atoms. The van der Waals surface area contributed by atoms with Crippen LogP contribution in [0.4, 0.5) is 18.9 Å². The maximum Gasteiger partial charge on any atom is 0.416 e. The number of amides is 1. The largest absolute Gasteiger partial charge is 0.416 e. The van der Waals surface area contributed by atoms with Gasteiger partial charge in [-0.25, -0.2) is 0 Å². The molecule has 0 aliphatic carbocycles. The fourth-order valence-corrected chi connectivity index (χ4v) is 2.66. The van der Waals surface area contributed by atoms with Crippen LogP contribution in [0.3, 0.4) is 0 Å². The fourth-order valence-electron chi connectivity index (χ4n) is 2.66. The van der Waals surface area contributed by atoms with E-state index in [9.17, 15) is 18.0 Å². The third kappa shape index (κ3) is 7.43. The van der Waals surface area contributed by atoms with E-state index in [1.807, 2.05) is 0 Å². The van der Waals surface area contributed by atoms with Gasteiger partial charge in [0, 0.05) is 30.6 Å². The van der Waals surface area contributed by atoms with E-state index in [0.717, 1.165) is 25.3 Å². The van der Waals surface area contributed by atoms with Gasteiger partial charge in [0.2, 0.25) is 5.91 Å². The first-order chi connectivity index (χ1) is 13.7. The third-order valence-corrected chi connectivity index (χ3v) is 4.24. The molecule has 160 valence electrons. The molecule has 0 spiro atoms. The quantitative estimate of drug-likeness (QED) is 0.567. The molecule has 0 radical (unpaired) electrons. The van der Waals surface area contributed by atoms with Crippen LogP contribution in [0, 0.1) is 0 Å². The molecule has 1 fully saturated rings. The highest BCUT2D eigenvalue weighted by atomic mass is 19.4. The predicted octanol–water partition coefficient (Wildman–Crippen LogP) is 3.65. The zero-order valence-electron chi connectivity index (χ0n) is 16.3. The number of ether oxygens (including phenoxy) is 2. The van der Waals surface area contributed by atoms with Gasteiger partial charge in [-0.05, 0) is 43.9 Å². The minimum absolute atomic E-state index is 0.0487. The maximum absolute atomic E-state index is 13.4. The zero-order chi connectivity index (χ0) is 21.4. The molecule has 1 aliphatic heterocycles. The van der Waals surface area contributed by atoms with Crippen molar-refractivity contribution < 1.29 is 27.4 Å². The maximum atomic E-state index is 13.4. The Morgan fingerprint density at radius 1 is 1.41 bits per heavy atom. The van der Waals surface area contributed by atoms with Crippen molar-refractivity contribution in [2.75, 3.05) is 18.5 Å². The van der Waals surface area contributed by atoms with Crippen molar-refractivity contribution in [2.45, 2.75) is 45.2 Å². The molecular formula is C20H26F3N3O3. The van der Waals surface area contributed by atoms with Gasteiger partial charge < -0.3 is 25.8 Å². The van der Waals surface area contributed by atoms with Gasteiger partial charge in [-0.15, -0.1) is 0 Å². The van der Waals surface area contributed by atoms with E-state index in [4.69, 9.17) is 15.2 Å². The molecule has 1 aliphatic rings. The summed E-state index contributed by atoms with van der Waals surface area (Å²) in [6, 6.07) is 3.75. The van der Waals surface area contributed by atoms with Crippen LogP contribution in [0.25, 0.3) is 0 Å². The highest BCUT2D eigenvalue weighted by molar-refractivity contribution is 5.92. The predicted molar refractivity (Wildman–Crippen MR) is 104 cm³/mol. The number of halogens is 3. The van der Waals surface area contributed by atoms with E-state index in [0.29, 0.717) is 12.3 Å². The van der Waals surface area contributed by atoms with Gasteiger partial charge in [0.1, 0.15) is 0 Å². The van der Waals surface area contributed by atoms with Crippen LogP contribution < -0.4 is 16.4 Å². The molecule has 1 aromatic carbocycles. The molecule has 9 heteroatoms. The SMILES string of the molecule is C=C(C)C(=O)NCc1ccc(N/C=C(\N)COC2CCCCO2)cc1C(F)(F)F. The van der Waals surface area contributed by atoms with E-state index >= 15 is 0 Å². The number of nitrogens with two attached hydrogens (primary N) is 1. The molecule has 1 heterocycles. The average molecular weight is 413 g/mol. The van der Waals surface area contributed by atoms with Crippen molar-refractivity contribution in [2.24, 2.45) is 5.73 Å². The summed E-state index contributed by atoms with van der Waals surface area (Å²) in [6.45, 7) is 5.43. The van der Waals surface area contributed by atoms with E-state index in [1.54, 1.807) is 0 Å². The molecule has 1 amide bonds. The van der Waals surface area contributed by atoms with Crippen molar-refractivity contribution in [3.8, 4) is 0 Å². The lowest BCUT2D eigenvalue weighted by Crippen LogP contribution is -2.25. The number of anilines is 1. The lowest BCUT2D eigenvalue weighted by atomic mass is 10.1. The topological polar surface area (TPSA) is 85.6 Å².